The summed E-state index contributed by atoms with van der Waals surface area (Å²) in [5.41, 5.74) is 0. The Labute approximate surface area is 63.5 Å². The van der Waals surface area contributed by atoms with Gasteiger partial charge < -0.3 is 19.7 Å². The van der Waals surface area contributed by atoms with Crippen LogP contribution in [0, 0.1) is 0 Å². The predicted octanol–water partition coefficient (Wildman–Crippen LogP) is -0.951. The van der Waals surface area contributed by atoms with Crippen LogP contribution in [0.1, 0.15) is 0 Å². The van der Waals surface area contributed by atoms with Crippen molar-refractivity contribution >= 4 is 0 Å². The summed E-state index contributed by atoms with van der Waals surface area (Å²) in [4.78, 5) is 0. The van der Waals surface area contributed by atoms with Crippen molar-refractivity contribution in [2.45, 2.75) is 24.7 Å². The summed E-state index contributed by atoms with van der Waals surface area (Å²) in [6.45, 7) is -0.446. The summed E-state index contributed by atoms with van der Waals surface area (Å²) in [7, 11) is 1.31. The zero-order chi connectivity index (χ0) is 8.43. The lowest BCUT2D eigenvalue weighted by Gasteiger charge is -2.10. The molecular weight excluding hydrogens is 155 g/mol. The third-order valence-electron chi connectivity index (χ3n) is 1.68. The van der Waals surface area contributed by atoms with Crippen LogP contribution >= 0.6 is 0 Å². The molecule has 1 saturated heterocycles. The summed E-state index contributed by atoms with van der Waals surface area (Å²) in [5, 5.41) is 17.6. The fourth-order valence-electron chi connectivity index (χ4n) is 1.04. The van der Waals surface area contributed by atoms with E-state index in [1.165, 1.54) is 7.11 Å². The van der Waals surface area contributed by atoms with Gasteiger partial charge in [-0.1, -0.05) is 0 Å². The molecule has 0 saturated carbocycles. The molecule has 4 nitrogen and oxygen atoms in total. The largest absolute Gasteiger partial charge is 0.394 e. The minimum atomic E-state index is -1.56. The third-order valence-corrected chi connectivity index (χ3v) is 1.68. The van der Waals surface area contributed by atoms with Crippen LogP contribution < -0.4 is 0 Å². The molecule has 0 aromatic heterocycles. The van der Waals surface area contributed by atoms with Crippen molar-refractivity contribution in [3.05, 3.63) is 0 Å². The molecule has 1 unspecified atom stereocenters. The Morgan fingerprint density at radius 3 is 2.55 bits per heavy atom. The first kappa shape index (κ1) is 8.86. The average molecular weight is 166 g/mol. The predicted molar refractivity (Wildman–Crippen MR) is 33.7 cm³/mol. The quantitative estimate of drug-likeness (QED) is 0.555. The zero-order valence-electron chi connectivity index (χ0n) is 6.11. The number of hydrogen-bond donors (Lipinski definition) is 2. The summed E-state index contributed by atoms with van der Waals surface area (Å²) in [5.74, 6) is 0. The van der Waals surface area contributed by atoms with Crippen LogP contribution in [0.15, 0.2) is 0 Å². The minimum Gasteiger partial charge on any atom is -0.394 e. The molecule has 66 valence electrons. The van der Waals surface area contributed by atoms with E-state index in [1.807, 2.05) is 0 Å². The molecule has 0 aliphatic carbocycles. The molecular formula is C6H11FO4. The molecule has 4 atom stereocenters. The van der Waals surface area contributed by atoms with Crippen molar-refractivity contribution in [1.82, 2.24) is 0 Å². The van der Waals surface area contributed by atoms with Crippen molar-refractivity contribution in [1.29, 1.82) is 0 Å². The maximum atomic E-state index is 12.8. The van der Waals surface area contributed by atoms with Crippen LogP contribution in [-0.2, 0) is 9.47 Å². The van der Waals surface area contributed by atoms with Crippen molar-refractivity contribution in [3.63, 3.8) is 0 Å². The highest BCUT2D eigenvalue weighted by molar-refractivity contribution is 4.86. The molecule has 5 heteroatoms. The molecule has 1 aliphatic heterocycles. The van der Waals surface area contributed by atoms with Gasteiger partial charge in [-0.15, -0.1) is 0 Å². The van der Waals surface area contributed by atoms with Crippen molar-refractivity contribution in [2.24, 2.45) is 0 Å². The zero-order valence-corrected chi connectivity index (χ0v) is 6.11. The first-order chi connectivity index (χ1) is 5.20. The highest BCUT2D eigenvalue weighted by Gasteiger charge is 2.43. The highest BCUT2D eigenvalue weighted by Crippen LogP contribution is 2.23. The van der Waals surface area contributed by atoms with Gasteiger partial charge in [0.25, 0.3) is 0 Å². The van der Waals surface area contributed by atoms with Crippen LogP contribution in [0.25, 0.3) is 0 Å². The van der Waals surface area contributed by atoms with E-state index >= 15 is 0 Å². The van der Waals surface area contributed by atoms with E-state index in [0.29, 0.717) is 0 Å². The Hall–Kier alpha value is -0.230. The number of rotatable bonds is 2. The van der Waals surface area contributed by atoms with Crippen LogP contribution in [0.5, 0.6) is 0 Å². The van der Waals surface area contributed by atoms with Gasteiger partial charge in [0.15, 0.2) is 12.5 Å². The topological polar surface area (TPSA) is 58.9 Å². The van der Waals surface area contributed by atoms with Crippen molar-refractivity contribution in [2.75, 3.05) is 13.7 Å². The van der Waals surface area contributed by atoms with Gasteiger partial charge in [-0.25, -0.2) is 4.39 Å². The minimum absolute atomic E-state index is 0.446. The fraction of sp³-hybridized carbons (Fsp3) is 1.00. The van der Waals surface area contributed by atoms with Crippen LogP contribution in [0.4, 0.5) is 4.39 Å². The van der Waals surface area contributed by atoms with Crippen molar-refractivity contribution in [3.8, 4) is 0 Å². The van der Waals surface area contributed by atoms with Crippen molar-refractivity contribution < 1.29 is 24.1 Å². The normalized spacial score (nSPS) is 44.7. The number of methoxy groups -OCH3 is 1. The number of hydrogen-bond acceptors (Lipinski definition) is 4. The Kier molecular flexibility index (Phi) is 2.78. The molecule has 0 aromatic carbocycles. The Bertz CT molecular complexity index is 114. The molecule has 2 N–H and O–H groups in total. The molecule has 1 aliphatic rings. The number of alkyl halides is 1. The lowest BCUT2D eigenvalue weighted by molar-refractivity contribution is -0.153. The molecule has 1 fully saturated rings. The molecule has 0 aromatic rings. The number of halogens is 1. The summed E-state index contributed by atoms with van der Waals surface area (Å²) >= 11 is 0. The monoisotopic (exact) mass is 166 g/mol. The van der Waals surface area contributed by atoms with E-state index in [4.69, 9.17) is 14.9 Å². The van der Waals surface area contributed by atoms with E-state index in [2.05, 4.69) is 4.74 Å². The van der Waals surface area contributed by atoms with Crippen LogP contribution in [-0.4, -0.2) is 48.6 Å². The molecule has 0 bridgehead atoms. The molecule has 0 spiro atoms. The van der Waals surface area contributed by atoms with Gasteiger partial charge in [0.2, 0.25) is 0 Å². The molecule has 1 rings (SSSR count). The second kappa shape index (κ2) is 3.44. The SMILES string of the molecule is CO[C@H]1O[C@H](CO)[C@H](F)C1O. The molecule has 0 radical (unpaired) electrons. The van der Waals surface area contributed by atoms with Crippen LogP contribution in [0.2, 0.25) is 0 Å². The van der Waals surface area contributed by atoms with Gasteiger partial charge in [-0.3, -0.25) is 0 Å². The standard InChI is InChI=1S/C6H11FO4/c1-10-6-5(9)4(7)3(2-8)11-6/h3-6,8-9H,2H2,1H3/t3-,4+,5?,6+/m1/s1. The summed E-state index contributed by atoms with van der Waals surface area (Å²) in [6.07, 6.45) is -4.78. The Balaban J connectivity index is 2.53. The van der Waals surface area contributed by atoms with E-state index in [9.17, 15) is 4.39 Å². The summed E-state index contributed by atoms with van der Waals surface area (Å²) < 4.78 is 22.2. The van der Waals surface area contributed by atoms with Gasteiger partial charge in [0.1, 0.15) is 12.2 Å². The first-order valence-corrected chi connectivity index (χ1v) is 3.32. The smallest absolute Gasteiger partial charge is 0.186 e. The maximum absolute atomic E-state index is 12.8. The molecule has 11 heavy (non-hydrogen) atoms. The molecule has 0 amide bonds. The van der Waals surface area contributed by atoms with Gasteiger partial charge in [-0.2, -0.15) is 0 Å². The summed E-state index contributed by atoms with van der Waals surface area (Å²) in [6, 6.07) is 0. The lowest BCUT2D eigenvalue weighted by Crippen LogP contribution is -2.30. The van der Waals surface area contributed by atoms with Crippen LogP contribution in [0.3, 0.4) is 0 Å². The fourth-order valence-corrected chi connectivity index (χ4v) is 1.04. The van der Waals surface area contributed by atoms with Gasteiger partial charge in [0.05, 0.1) is 6.61 Å². The third kappa shape index (κ3) is 1.51. The second-order valence-electron chi connectivity index (χ2n) is 2.40. The maximum Gasteiger partial charge on any atom is 0.186 e. The Morgan fingerprint density at radius 1 is 1.64 bits per heavy atom. The molecule has 1 heterocycles. The number of ether oxygens (including phenoxy) is 2. The number of aliphatic hydroxyl groups excluding tert-OH is 2. The van der Waals surface area contributed by atoms with Gasteiger partial charge in [-0.05, 0) is 0 Å². The average Bonchev–Trinajstić information content (AvgIpc) is 2.30. The second-order valence-corrected chi connectivity index (χ2v) is 2.40. The van der Waals surface area contributed by atoms with E-state index in [1.54, 1.807) is 0 Å². The first-order valence-electron chi connectivity index (χ1n) is 3.32. The number of aliphatic hydroxyl groups is 2. The highest BCUT2D eigenvalue weighted by atomic mass is 19.1. The van der Waals surface area contributed by atoms with E-state index < -0.39 is 31.3 Å². The van der Waals surface area contributed by atoms with E-state index in [-0.39, 0.29) is 0 Å². The van der Waals surface area contributed by atoms with E-state index in [0.717, 1.165) is 0 Å². The van der Waals surface area contributed by atoms with Gasteiger partial charge in [0, 0.05) is 7.11 Å². The Morgan fingerprint density at radius 2 is 2.27 bits per heavy atom. The van der Waals surface area contributed by atoms with Gasteiger partial charge >= 0.3 is 0 Å². The lowest BCUT2D eigenvalue weighted by atomic mass is 10.2.